The normalized spacial score (nSPS) is 10.6. The van der Waals surface area contributed by atoms with E-state index in [1.54, 1.807) is 12.1 Å². The highest BCUT2D eigenvalue weighted by Gasteiger charge is 2.11. The van der Waals surface area contributed by atoms with Crippen molar-refractivity contribution in [3.05, 3.63) is 48.0 Å². The van der Waals surface area contributed by atoms with Crippen LogP contribution in [0.5, 0.6) is 11.5 Å². The Hall–Kier alpha value is -2.53. The Bertz CT molecular complexity index is 724. The molecule has 0 atom stereocenters. The van der Waals surface area contributed by atoms with Crippen molar-refractivity contribution < 1.29 is 24.1 Å². The molecule has 0 aromatic heterocycles. The predicted octanol–water partition coefficient (Wildman–Crippen LogP) is 5.21. The summed E-state index contributed by atoms with van der Waals surface area (Å²) < 4.78 is 16.3. The zero-order valence-electron chi connectivity index (χ0n) is 16.8. The SMILES string of the molecule is CCCCOCCOC(=O)c1cc(O)cc(-c2ccc(OCCCC)cc2)c1. The number of benzene rings is 2. The standard InChI is InChI=1S/C23H30O5/c1-3-5-11-26-13-14-28-23(25)20-15-19(16-21(24)17-20)18-7-9-22(10-8-18)27-12-6-4-2/h7-10,15-17,24H,3-6,11-14H2,1-2H3. The minimum atomic E-state index is -0.476. The van der Waals surface area contributed by atoms with Crippen molar-refractivity contribution in [3.63, 3.8) is 0 Å². The Morgan fingerprint density at radius 1 is 0.857 bits per heavy atom. The second kappa shape index (κ2) is 12.0. The molecule has 0 saturated heterocycles. The number of phenolic OH excluding ortho intramolecular Hbond substituents is 1. The summed E-state index contributed by atoms with van der Waals surface area (Å²) >= 11 is 0. The highest BCUT2D eigenvalue weighted by molar-refractivity contribution is 5.91. The second-order valence-corrected chi connectivity index (χ2v) is 6.60. The Labute approximate surface area is 167 Å². The van der Waals surface area contributed by atoms with E-state index in [9.17, 15) is 9.90 Å². The van der Waals surface area contributed by atoms with Crippen molar-refractivity contribution >= 4 is 5.97 Å². The third-order valence-corrected chi connectivity index (χ3v) is 4.21. The van der Waals surface area contributed by atoms with E-state index in [2.05, 4.69) is 13.8 Å². The van der Waals surface area contributed by atoms with Crippen LogP contribution in [-0.2, 0) is 9.47 Å². The molecule has 0 aliphatic heterocycles. The Morgan fingerprint density at radius 3 is 2.29 bits per heavy atom. The van der Waals surface area contributed by atoms with Crippen LogP contribution >= 0.6 is 0 Å². The summed E-state index contributed by atoms with van der Waals surface area (Å²) in [7, 11) is 0. The lowest BCUT2D eigenvalue weighted by Gasteiger charge is -2.10. The van der Waals surface area contributed by atoms with E-state index in [0.717, 1.165) is 42.6 Å². The van der Waals surface area contributed by atoms with Crippen LogP contribution in [0.2, 0.25) is 0 Å². The zero-order chi connectivity index (χ0) is 20.2. The molecule has 0 saturated carbocycles. The quantitative estimate of drug-likeness (QED) is 0.401. The summed E-state index contributed by atoms with van der Waals surface area (Å²) in [5, 5.41) is 10.0. The molecule has 0 heterocycles. The molecule has 28 heavy (non-hydrogen) atoms. The van der Waals surface area contributed by atoms with Gasteiger partial charge in [-0.05, 0) is 54.3 Å². The average Bonchev–Trinajstić information content (AvgIpc) is 2.70. The lowest BCUT2D eigenvalue weighted by atomic mass is 10.0. The number of ether oxygens (including phenoxy) is 3. The summed E-state index contributed by atoms with van der Waals surface area (Å²) in [5.74, 6) is 0.350. The summed E-state index contributed by atoms with van der Waals surface area (Å²) in [6.07, 6.45) is 4.17. The zero-order valence-corrected chi connectivity index (χ0v) is 16.8. The lowest BCUT2D eigenvalue weighted by molar-refractivity contribution is 0.0313. The average molecular weight is 386 g/mol. The maximum Gasteiger partial charge on any atom is 0.338 e. The van der Waals surface area contributed by atoms with Crippen LogP contribution in [0.3, 0.4) is 0 Å². The number of hydrogen-bond acceptors (Lipinski definition) is 5. The molecule has 2 aromatic carbocycles. The van der Waals surface area contributed by atoms with Crippen LogP contribution < -0.4 is 4.74 Å². The smallest absolute Gasteiger partial charge is 0.338 e. The highest BCUT2D eigenvalue weighted by atomic mass is 16.6. The summed E-state index contributed by atoms with van der Waals surface area (Å²) in [4.78, 5) is 12.3. The first-order valence-corrected chi connectivity index (χ1v) is 9.96. The molecule has 0 aliphatic carbocycles. The molecule has 152 valence electrons. The van der Waals surface area contributed by atoms with E-state index >= 15 is 0 Å². The molecule has 0 radical (unpaired) electrons. The molecule has 0 amide bonds. The molecule has 2 rings (SSSR count). The van der Waals surface area contributed by atoms with Gasteiger partial charge in [-0.25, -0.2) is 4.79 Å². The fourth-order valence-electron chi connectivity index (χ4n) is 2.60. The maximum absolute atomic E-state index is 12.3. The van der Waals surface area contributed by atoms with Gasteiger partial charge in [-0.1, -0.05) is 38.8 Å². The van der Waals surface area contributed by atoms with Gasteiger partial charge in [0.05, 0.1) is 18.8 Å². The van der Waals surface area contributed by atoms with Gasteiger partial charge in [0.1, 0.15) is 18.1 Å². The van der Waals surface area contributed by atoms with Crippen molar-refractivity contribution in [1.82, 2.24) is 0 Å². The second-order valence-electron chi connectivity index (χ2n) is 6.60. The Morgan fingerprint density at radius 2 is 1.57 bits per heavy atom. The van der Waals surface area contributed by atoms with Gasteiger partial charge in [-0.15, -0.1) is 0 Å². The van der Waals surface area contributed by atoms with Crippen molar-refractivity contribution in [2.45, 2.75) is 39.5 Å². The number of esters is 1. The lowest BCUT2D eigenvalue weighted by Crippen LogP contribution is -2.11. The number of rotatable bonds is 12. The molecular formula is C23H30O5. The van der Waals surface area contributed by atoms with Gasteiger partial charge in [0, 0.05) is 6.61 Å². The summed E-state index contributed by atoms with van der Waals surface area (Å²) in [6, 6.07) is 12.3. The number of aromatic hydroxyl groups is 1. The fraction of sp³-hybridized carbons (Fsp3) is 0.435. The molecule has 0 fully saturated rings. The van der Waals surface area contributed by atoms with Crippen LogP contribution in [-0.4, -0.2) is 37.5 Å². The van der Waals surface area contributed by atoms with Crippen LogP contribution in [0.15, 0.2) is 42.5 Å². The van der Waals surface area contributed by atoms with Gasteiger partial charge in [-0.3, -0.25) is 0 Å². The topological polar surface area (TPSA) is 65.0 Å². The van der Waals surface area contributed by atoms with E-state index < -0.39 is 5.97 Å². The van der Waals surface area contributed by atoms with Crippen molar-refractivity contribution in [2.24, 2.45) is 0 Å². The molecule has 0 unspecified atom stereocenters. The molecule has 1 N–H and O–H groups in total. The third kappa shape index (κ3) is 7.24. The summed E-state index contributed by atoms with van der Waals surface area (Å²) in [5.41, 5.74) is 1.94. The molecule has 5 nitrogen and oxygen atoms in total. The molecule has 0 aliphatic rings. The number of phenols is 1. The minimum Gasteiger partial charge on any atom is -0.508 e. The summed E-state index contributed by atoms with van der Waals surface area (Å²) in [6.45, 7) is 6.14. The van der Waals surface area contributed by atoms with E-state index in [-0.39, 0.29) is 12.4 Å². The van der Waals surface area contributed by atoms with Gasteiger partial charge in [0.25, 0.3) is 0 Å². The van der Waals surface area contributed by atoms with Gasteiger partial charge < -0.3 is 19.3 Å². The molecular weight excluding hydrogens is 356 g/mol. The molecule has 5 heteroatoms. The third-order valence-electron chi connectivity index (χ3n) is 4.21. The predicted molar refractivity (Wildman–Crippen MR) is 110 cm³/mol. The number of carbonyl (C=O) groups excluding carboxylic acids is 1. The van der Waals surface area contributed by atoms with Gasteiger partial charge in [-0.2, -0.15) is 0 Å². The van der Waals surface area contributed by atoms with Crippen molar-refractivity contribution in [2.75, 3.05) is 26.4 Å². The van der Waals surface area contributed by atoms with Crippen LogP contribution in [0, 0.1) is 0 Å². The number of carbonyl (C=O) groups is 1. The molecule has 0 spiro atoms. The van der Waals surface area contributed by atoms with Crippen LogP contribution in [0.25, 0.3) is 11.1 Å². The number of unbranched alkanes of at least 4 members (excludes halogenated alkanes) is 2. The first-order chi connectivity index (χ1) is 13.6. The van der Waals surface area contributed by atoms with E-state index in [4.69, 9.17) is 14.2 Å². The van der Waals surface area contributed by atoms with Crippen molar-refractivity contribution in [1.29, 1.82) is 0 Å². The fourth-order valence-corrected chi connectivity index (χ4v) is 2.60. The van der Waals surface area contributed by atoms with Crippen LogP contribution in [0.1, 0.15) is 49.9 Å². The van der Waals surface area contributed by atoms with E-state index in [1.807, 2.05) is 24.3 Å². The first-order valence-electron chi connectivity index (χ1n) is 9.96. The Balaban J connectivity index is 1.97. The minimum absolute atomic E-state index is 0.0203. The van der Waals surface area contributed by atoms with Crippen molar-refractivity contribution in [3.8, 4) is 22.6 Å². The van der Waals surface area contributed by atoms with E-state index in [1.165, 1.54) is 6.07 Å². The molecule has 2 aromatic rings. The monoisotopic (exact) mass is 386 g/mol. The van der Waals surface area contributed by atoms with Gasteiger partial charge in [0.15, 0.2) is 0 Å². The maximum atomic E-state index is 12.3. The highest BCUT2D eigenvalue weighted by Crippen LogP contribution is 2.27. The van der Waals surface area contributed by atoms with Crippen LogP contribution in [0.4, 0.5) is 0 Å². The first kappa shape index (κ1) is 21.8. The Kier molecular flexibility index (Phi) is 9.35. The molecule has 0 bridgehead atoms. The number of hydrogen-bond donors (Lipinski definition) is 1. The largest absolute Gasteiger partial charge is 0.508 e. The van der Waals surface area contributed by atoms with Gasteiger partial charge >= 0.3 is 5.97 Å². The van der Waals surface area contributed by atoms with Gasteiger partial charge in [0.2, 0.25) is 0 Å². The van der Waals surface area contributed by atoms with E-state index in [0.29, 0.717) is 25.4 Å².